The monoisotopic (exact) mass is 451 g/mol. The number of hydrogen-bond acceptors (Lipinski definition) is 7. The Morgan fingerprint density at radius 1 is 1.42 bits per heavy atom. The molecule has 1 amide bonds. The highest BCUT2D eigenvalue weighted by Crippen LogP contribution is 2.37. The van der Waals surface area contributed by atoms with E-state index in [1.165, 1.54) is 6.33 Å². The van der Waals surface area contributed by atoms with Gasteiger partial charge in [-0.3, -0.25) is 9.69 Å². The molecule has 2 aliphatic rings. The van der Waals surface area contributed by atoms with Crippen LogP contribution in [-0.4, -0.2) is 74.6 Å². The minimum atomic E-state index is -1.29. The van der Waals surface area contributed by atoms with E-state index in [2.05, 4.69) is 20.2 Å². The Morgan fingerprint density at radius 3 is 3.03 bits per heavy atom. The molecule has 0 aromatic carbocycles. The fourth-order valence-electron chi connectivity index (χ4n) is 4.68. The number of nitrogens with zero attached hydrogens (tertiary/aromatic N) is 4. The summed E-state index contributed by atoms with van der Waals surface area (Å²) in [7, 11) is 0. The Kier molecular flexibility index (Phi) is 6.78. The van der Waals surface area contributed by atoms with E-state index in [1.54, 1.807) is 13.8 Å². The molecule has 0 aliphatic carbocycles. The second kappa shape index (κ2) is 9.38. The molecule has 2 saturated heterocycles. The van der Waals surface area contributed by atoms with Crippen LogP contribution in [0, 0.1) is 0 Å². The van der Waals surface area contributed by atoms with Crippen molar-refractivity contribution in [2.75, 3.05) is 19.6 Å². The largest absolute Gasteiger partial charge is 0.366 e. The van der Waals surface area contributed by atoms with Crippen molar-refractivity contribution in [1.29, 1.82) is 0 Å². The quantitative estimate of drug-likeness (QED) is 0.360. The number of halogens is 1. The van der Waals surface area contributed by atoms with E-state index >= 15 is 0 Å². The van der Waals surface area contributed by atoms with Gasteiger partial charge in [0.05, 0.1) is 11.5 Å². The summed E-state index contributed by atoms with van der Waals surface area (Å²) in [5, 5.41) is 14.3. The van der Waals surface area contributed by atoms with Gasteiger partial charge in [-0.2, -0.15) is 0 Å². The van der Waals surface area contributed by atoms with Crippen LogP contribution in [-0.2, 0) is 14.3 Å². The zero-order valence-electron chi connectivity index (χ0n) is 17.9. The highest BCUT2D eigenvalue weighted by atomic mass is 35.5. The van der Waals surface area contributed by atoms with E-state index in [0.29, 0.717) is 29.8 Å². The van der Waals surface area contributed by atoms with Crippen LogP contribution in [0.1, 0.15) is 45.8 Å². The van der Waals surface area contributed by atoms with Crippen LogP contribution in [0.5, 0.6) is 0 Å². The first-order chi connectivity index (χ1) is 14.9. The first kappa shape index (κ1) is 22.4. The number of ether oxygens (including phenoxy) is 2. The number of piperidine rings is 1. The zero-order valence-corrected chi connectivity index (χ0v) is 18.7. The van der Waals surface area contributed by atoms with Crippen molar-refractivity contribution in [2.45, 2.75) is 69.8 Å². The van der Waals surface area contributed by atoms with Crippen molar-refractivity contribution in [3.63, 3.8) is 0 Å². The normalized spacial score (nSPS) is 27.6. The summed E-state index contributed by atoms with van der Waals surface area (Å²) in [6.45, 7) is 5.59. The summed E-state index contributed by atoms with van der Waals surface area (Å²) in [6, 6.07) is 2.16. The van der Waals surface area contributed by atoms with Gasteiger partial charge in [0, 0.05) is 31.7 Å². The number of aromatic nitrogens is 3. The van der Waals surface area contributed by atoms with E-state index < -0.39 is 12.0 Å². The van der Waals surface area contributed by atoms with Gasteiger partial charge in [-0.25, -0.2) is 9.97 Å². The number of carbonyl (C=O) groups excluding carboxylic acids is 1. The van der Waals surface area contributed by atoms with Gasteiger partial charge >= 0.3 is 0 Å². The van der Waals surface area contributed by atoms with Gasteiger partial charge in [-0.1, -0.05) is 18.0 Å². The van der Waals surface area contributed by atoms with Crippen LogP contribution in [0.25, 0.3) is 11.0 Å². The third-order valence-corrected chi connectivity index (χ3v) is 6.24. The number of likely N-dealkylation sites (tertiary alicyclic amines) is 1. The predicted octanol–water partition coefficient (Wildman–Crippen LogP) is 2.09. The van der Waals surface area contributed by atoms with Crippen LogP contribution >= 0.6 is 11.6 Å². The lowest BCUT2D eigenvalue weighted by Crippen LogP contribution is -2.48. The summed E-state index contributed by atoms with van der Waals surface area (Å²) in [5.41, 5.74) is 0.668. The first-order valence-corrected chi connectivity index (χ1v) is 11.2. The molecule has 2 aromatic heterocycles. The van der Waals surface area contributed by atoms with Crippen LogP contribution in [0.4, 0.5) is 0 Å². The standard InChI is InChI=1S/C21H30ClN5O4/c1-21(2,29)31-17-9-15(11-26-7-4-3-5-14(26)10-23-13-28)30-20(17)27-8-6-16-18(22)24-12-25-19(16)27/h6,8,12-15,17,20,29H,3-5,7,9-11H2,1-2H3,(H,23,28). The molecule has 4 heterocycles. The van der Waals surface area contributed by atoms with Crippen molar-refractivity contribution < 1.29 is 19.4 Å². The Bertz CT molecular complexity index is 902. The fraction of sp³-hybridized carbons (Fsp3) is 0.667. The van der Waals surface area contributed by atoms with E-state index in [0.717, 1.165) is 44.1 Å². The summed E-state index contributed by atoms with van der Waals surface area (Å²) >= 11 is 6.22. The van der Waals surface area contributed by atoms with Gasteiger partial charge < -0.3 is 24.5 Å². The maximum absolute atomic E-state index is 10.8. The average molecular weight is 452 g/mol. The van der Waals surface area contributed by atoms with Gasteiger partial charge in [-0.15, -0.1) is 0 Å². The molecule has 9 nitrogen and oxygen atoms in total. The first-order valence-electron chi connectivity index (χ1n) is 10.8. The average Bonchev–Trinajstić information content (AvgIpc) is 3.30. The Labute approximate surface area is 186 Å². The fourth-order valence-corrected chi connectivity index (χ4v) is 4.87. The summed E-state index contributed by atoms with van der Waals surface area (Å²) < 4.78 is 14.3. The molecule has 31 heavy (non-hydrogen) atoms. The lowest BCUT2D eigenvalue weighted by atomic mass is 10.0. The molecule has 2 aromatic rings. The zero-order chi connectivity index (χ0) is 22.0. The van der Waals surface area contributed by atoms with E-state index in [-0.39, 0.29) is 12.2 Å². The predicted molar refractivity (Wildman–Crippen MR) is 116 cm³/mol. The van der Waals surface area contributed by atoms with Crippen molar-refractivity contribution in [2.24, 2.45) is 0 Å². The number of nitrogens with one attached hydrogen (secondary N) is 1. The Balaban J connectivity index is 1.54. The number of hydrogen-bond donors (Lipinski definition) is 2. The number of rotatable bonds is 8. The minimum absolute atomic E-state index is 0.0797. The van der Waals surface area contributed by atoms with Crippen molar-refractivity contribution in [1.82, 2.24) is 24.8 Å². The van der Waals surface area contributed by atoms with Gasteiger partial charge in [0.25, 0.3) is 0 Å². The van der Waals surface area contributed by atoms with Crippen LogP contribution in [0.2, 0.25) is 5.15 Å². The molecular weight excluding hydrogens is 422 g/mol. The number of amides is 1. The molecule has 0 bridgehead atoms. The topological polar surface area (TPSA) is 102 Å². The van der Waals surface area contributed by atoms with E-state index in [1.807, 2.05) is 16.8 Å². The maximum atomic E-state index is 10.8. The molecule has 2 aliphatic heterocycles. The van der Waals surface area contributed by atoms with Gasteiger partial charge in [-0.05, 0) is 39.3 Å². The lowest BCUT2D eigenvalue weighted by molar-refractivity contribution is -0.222. The molecule has 2 fully saturated rings. The van der Waals surface area contributed by atoms with Crippen LogP contribution in [0.15, 0.2) is 18.6 Å². The summed E-state index contributed by atoms with van der Waals surface area (Å²) in [5.74, 6) is -1.29. The highest BCUT2D eigenvalue weighted by Gasteiger charge is 2.41. The second-order valence-corrected chi connectivity index (χ2v) is 9.14. The van der Waals surface area contributed by atoms with E-state index in [4.69, 9.17) is 21.1 Å². The molecule has 0 spiro atoms. The molecular formula is C21H30ClN5O4. The Hall–Kier alpha value is -1.78. The van der Waals surface area contributed by atoms with Crippen molar-refractivity contribution in [3.8, 4) is 0 Å². The van der Waals surface area contributed by atoms with Crippen LogP contribution < -0.4 is 5.32 Å². The number of aliphatic hydroxyl groups is 1. The van der Waals surface area contributed by atoms with Gasteiger partial charge in [0.15, 0.2) is 12.0 Å². The molecule has 10 heteroatoms. The third kappa shape index (κ3) is 5.18. The molecule has 4 unspecified atom stereocenters. The van der Waals surface area contributed by atoms with Crippen molar-refractivity contribution in [3.05, 3.63) is 23.7 Å². The molecule has 4 atom stereocenters. The maximum Gasteiger partial charge on any atom is 0.207 e. The lowest BCUT2D eigenvalue weighted by Gasteiger charge is -2.36. The SMILES string of the molecule is CC(C)(O)OC1CC(CN2CCCCC2CNC=O)OC1n1ccc2c(Cl)ncnc21. The van der Waals surface area contributed by atoms with Gasteiger partial charge in [0.2, 0.25) is 6.41 Å². The Morgan fingerprint density at radius 2 is 2.26 bits per heavy atom. The molecule has 0 radical (unpaired) electrons. The summed E-state index contributed by atoms with van der Waals surface area (Å²) in [4.78, 5) is 21.6. The van der Waals surface area contributed by atoms with Crippen LogP contribution in [0.3, 0.4) is 0 Å². The molecule has 2 N–H and O–H groups in total. The number of carbonyl (C=O) groups is 1. The van der Waals surface area contributed by atoms with Crippen molar-refractivity contribution >= 4 is 29.0 Å². The minimum Gasteiger partial charge on any atom is -0.366 e. The van der Waals surface area contributed by atoms with Gasteiger partial charge in [0.1, 0.15) is 23.2 Å². The molecule has 170 valence electrons. The summed E-state index contributed by atoms with van der Waals surface area (Å²) in [6.07, 6.45) is 7.16. The number of fused-ring (bicyclic) bond motifs is 1. The highest BCUT2D eigenvalue weighted by molar-refractivity contribution is 6.33. The third-order valence-electron chi connectivity index (χ3n) is 5.94. The second-order valence-electron chi connectivity index (χ2n) is 8.78. The smallest absolute Gasteiger partial charge is 0.207 e. The van der Waals surface area contributed by atoms with E-state index in [9.17, 15) is 9.90 Å². The molecule has 4 rings (SSSR count). The molecule has 0 saturated carbocycles.